The highest BCUT2D eigenvalue weighted by Crippen LogP contribution is 2.36. The Kier molecular flexibility index (Phi) is 10.4. The van der Waals surface area contributed by atoms with Gasteiger partial charge in [-0.2, -0.15) is 0 Å². The van der Waals surface area contributed by atoms with Crippen LogP contribution in [-0.4, -0.2) is 53.9 Å². The first-order valence-electron chi connectivity index (χ1n) is 13.6. The minimum absolute atomic E-state index is 0.0740. The van der Waals surface area contributed by atoms with Gasteiger partial charge in [0, 0.05) is 18.5 Å². The Bertz CT molecular complexity index is 1130. The molecule has 0 atom stereocenters. The highest BCUT2D eigenvalue weighted by atomic mass is 16.5. The molecule has 0 unspecified atom stereocenters. The molecule has 1 aliphatic carbocycles. The molecule has 9 heteroatoms. The second kappa shape index (κ2) is 13.5. The zero-order valence-electron chi connectivity index (χ0n) is 22.4. The number of benzene rings is 1. The van der Waals surface area contributed by atoms with Gasteiger partial charge in [0.15, 0.2) is 11.5 Å². The van der Waals surface area contributed by atoms with Crippen LogP contribution in [0.25, 0.3) is 10.9 Å². The molecule has 2 aromatic rings. The molecule has 1 aliphatic heterocycles. The number of aliphatic hydroxyl groups is 1. The first-order valence-corrected chi connectivity index (χ1v) is 13.6. The predicted molar refractivity (Wildman–Crippen MR) is 143 cm³/mol. The van der Waals surface area contributed by atoms with Gasteiger partial charge in [0.1, 0.15) is 12.2 Å². The number of aliphatic hydroxyl groups excluding tert-OH is 1. The monoisotopic (exact) mass is 515 g/mol. The third kappa shape index (κ3) is 6.63. The van der Waals surface area contributed by atoms with Gasteiger partial charge >= 0.3 is 0 Å². The Labute approximate surface area is 218 Å². The molecule has 1 aromatic carbocycles. The van der Waals surface area contributed by atoms with E-state index >= 15 is 0 Å². The standard InChI is InChI=1S/C26H35N3O6.C2H6/c1-34-20-10-9-18-15-19(25(33)29-13-7-4-8-14-35-23(20)22(18)29)24(32)28-26(17-27-21(31)16-30)11-5-2-3-6-12-26;1-2/h9-10,15,30H,2-8,11-14,16-17H2,1H3,(H,27,31)(H,28,32);1-2H3. The van der Waals surface area contributed by atoms with E-state index in [9.17, 15) is 14.4 Å². The predicted octanol–water partition coefficient (Wildman–Crippen LogP) is 3.53. The number of methoxy groups -OCH3 is 1. The molecule has 0 spiro atoms. The first kappa shape index (κ1) is 28.5. The van der Waals surface area contributed by atoms with Crippen LogP contribution in [0.5, 0.6) is 11.5 Å². The fraction of sp³-hybridized carbons (Fsp3) is 0.607. The van der Waals surface area contributed by atoms with Gasteiger partial charge in [-0.15, -0.1) is 0 Å². The minimum Gasteiger partial charge on any atom is -0.493 e. The van der Waals surface area contributed by atoms with Gasteiger partial charge in [-0.05, 0) is 50.3 Å². The Hall–Kier alpha value is -3.07. The molecule has 0 radical (unpaired) electrons. The molecule has 2 heterocycles. The summed E-state index contributed by atoms with van der Waals surface area (Å²) in [6.45, 7) is 4.63. The van der Waals surface area contributed by atoms with E-state index in [2.05, 4.69) is 10.6 Å². The summed E-state index contributed by atoms with van der Waals surface area (Å²) in [7, 11) is 1.57. The summed E-state index contributed by atoms with van der Waals surface area (Å²) in [4.78, 5) is 39.0. The van der Waals surface area contributed by atoms with Gasteiger partial charge in [-0.1, -0.05) is 39.5 Å². The van der Waals surface area contributed by atoms with Crippen molar-refractivity contribution < 1.29 is 24.2 Å². The number of rotatable bonds is 6. The van der Waals surface area contributed by atoms with E-state index < -0.39 is 24.0 Å². The van der Waals surface area contributed by atoms with Crippen molar-refractivity contribution in [3.8, 4) is 11.5 Å². The van der Waals surface area contributed by atoms with Gasteiger partial charge in [0.2, 0.25) is 5.91 Å². The number of nitrogens with zero attached hydrogens (tertiary/aromatic N) is 1. The number of hydrogen-bond acceptors (Lipinski definition) is 6. The molecule has 2 aliphatic rings. The SMILES string of the molecule is CC.COc1ccc2cc(C(=O)NC3(CNC(=O)CO)CCCCCC3)c(=O)n3c2c1OCCCCC3. The summed E-state index contributed by atoms with van der Waals surface area (Å²) in [5.41, 5.74) is -0.308. The quantitative estimate of drug-likeness (QED) is 0.507. The maximum absolute atomic E-state index is 13.6. The molecule has 1 aromatic heterocycles. The van der Waals surface area contributed by atoms with Crippen molar-refractivity contribution >= 4 is 22.7 Å². The van der Waals surface area contributed by atoms with E-state index in [-0.39, 0.29) is 17.7 Å². The highest BCUT2D eigenvalue weighted by molar-refractivity contribution is 5.99. The number of aromatic nitrogens is 1. The molecule has 4 rings (SSSR count). The zero-order valence-corrected chi connectivity index (χ0v) is 22.4. The van der Waals surface area contributed by atoms with Gasteiger partial charge in [-0.25, -0.2) is 0 Å². The summed E-state index contributed by atoms with van der Waals surface area (Å²) in [5, 5.41) is 15.7. The van der Waals surface area contributed by atoms with Crippen LogP contribution in [-0.2, 0) is 11.3 Å². The number of pyridine rings is 1. The Balaban J connectivity index is 0.00000186. The van der Waals surface area contributed by atoms with E-state index in [0.717, 1.165) is 50.3 Å². The number of amides is 2. The van der Waals surface area contributed by atoms with Crippen molar-refractivity contribution in [3.63, 3.8) is 0 Å². The number of aryl methyl sites for hydroxylation is 1. The second-order valence-electron chi connectivity index (χ2n) is 9.54. The summed E-state index contributed by atoms with van der Waals surface area (Å²) >= 11 is 0. The Morgan fingerprint density at radius 2 is 1.78 bits per heavy atom. The molecule has 1 fully saturated rings. The number of ether oxygens (including phenoxy) is 2. The van der Waals surface area contributed by atoms with Crippen LogP contribution in [0.3, 0.4) is 0 Å². The lowest BCUT2D eigenvalue weighted by molar-refractivity contribution is -0.124. The van der Waals surface area contributed by atoms with Crippen LogP contribution in [0.15, 0.2) is 23.0 Å². The lowest BCUT2D eigenvalue weighted by Crippen LogP contribution is -2.56. The average Bonchev–Trinajstić information content (AvgIpc) is 3.09. The molecule has 2 amide bonds. The molecule has 0 bridgehead atoms. The van der Waals surface area contributed by atoms with Gasteiger partial charge in [-0.3, -0.25) is 14.4 Å². The minimum atomic E-state index is -0.665. The summed E-state index contributed by atoms with van der Waals surface area (Å²) in [6, 6.07) is 5.27. The van der Waals surface area contributed by atoms with Crippen molar-refractivity contribution in [1.29, 1.82) is 0 Å². The van der Waals surface area contributed by atoms with Gasteiger partial charge < -0.3 is 29.8 Å². The number of carbonyl (C=O) groups excluding carboxylic acids is 2. The smallest absolute Gasteiger partial charge is 0.264 e. The number of carbonyl (C=O) groups is 2. The van der Waals surface area contributed by atoms with Crippen molar-refractivity contribution in [2.75, 3.05) is 26.9 Å². The second-order valence-corrected chi connectivity index (χ2v) is 9.54. The van der Waals surface area contributed by atoms with Gasteiger partial charge in [0.25, 0.3) is 11.5 Å². The maximum Gasteiger partial charge on any atom is 0.264 e. The molecule has 204 valence electrons. The van der Waals surface area contributed by atoms with E-state index in [1.54, 1.807) is 23.8 Å². The summed E-state index contributed by atoms with van der Waals surface area (Å²) < 4.78 is 13.2. The lowest BCUT2D eigenvalue weighted by Gasteiger charge is -2.34. The van der Waals surface area contributed by atoms with Crippen LogP contribution in [0, 0.1) is 0 Å². The van der Waals surface area contributed by atoms with E-state index in [1.807, 2.05) is 19.9 Å². The third-order valence-electron chi connectivity index (χ3n) is 7.12. The topological polar surface area (TPSA) is 119 Å². The number of hydrogen-bond donors (Lipinski definition) is 3. The van der Waals surface area contributed by atoms with Crippen molar-refractivity contribution in [3.05, 3.63) is 34.1 Å². The summed E-state index contributed by atoms with van der Waals surface area (Å²) in [6.07, 6.45) is 7.92. The van der Waals surface area contributed by atoms with E-state index in [4.69, 9.17) is 14.6 Å². The van der Waals surface area contributed by atoms with Crippen LogP contribution < -0.4 is 25.7 Å². The fourth-order valence-electron chi connectivity index (χ4n) is 5.21. The van der Waals surface area contributed by atoms with Crippen LogP contribution in [0.2, 0.25) is 0 Å². The molecular weight excluding hydrogens is 474 g/mol. The highest BCUT2D eigenvalue weighted by Gasteiger charge is 2.34. The van der Waals surface area contributed by atoms with Crippen LogP contribution in [0.4, 0.5) is 0 Å². The molecular formula is C28H41N3O6. The van der Waals surface area contributed by atoms with Crippen molar-refractivity contribution in [2.45, 2.75) is 83.7 Å². The zero-order chi connectivity index (χ0) is 26.8. The van der Waals surface area contributed by atoms with E-state index in [1.165, 1.54) is 0 Å². The Morgan fingerprint density at radius 1 is 1.08 bits per heavy atom. The van der Waals surface area contributed by atoms with Crippen molar-refractivity contribution in [2.24, 2.45) is 0 Å². The number of nitrogens with one attached hydrogen (secondary N) is 2. The third-order valence-corrected chi connectivity index (χ3v) is 7.12. The molecule has 0 saturated heterocycles. The normalized spacial score (nSPS) is 17.0. The maximum atomic E-state index is 13.6. The fourth-order valence-corrected chi connectivity index (χ4v) is 5.21. The largest absolute Gasteiger partial charge is 0.493 e. The Morgan fingerprint density at radius 3 is 2.46 bits per heavy atom. The van der Waals surface area contributed by atoms with Crippen molar-refractivity contribution in [1.82, 2.24) is 15.2 Å². The molecule has 37 heavy (non-hydrogen) atoms. The first-order chi connectivity index (χ1) is 18.0. The molecule has 1 saturated carbocycles. The van der Waals surface area contributed by atoms with Gasteiger partial charge in [0.05, 0.1) is 24.8 Å². The average molecular weight is 516 g/mol. The van der Waals surface area contributed by atoms with E-state index in [0.29, 0.717) is 43.0 Å². The van der Waals surface area contributed by atoms with Crippen LogP contribution in [0.1, 0.15) is 82.0 Å². The van der Waals surface area contributed by atoms with Crippen LogP contribution >= 0.6 is 0 Å². The molecule has 9 nitrogen and oxygen atoms in total. The molecule has 3 N–H and O–H groups in total. The summed E-state index contributed by atoms with van der Waals surface area (Å²) in [5.74, 6) is 0.159. The lowest BCUT2D eigenvalue weighted by atomic mass is 9.89.